The van der Waals surface area contributed by atoms with E-state index >= 15 is 0 Å². The normalized spacial score (nSPS) is 10.1. The fourth-order valence-electron chi connectivity index (χ4n) is 0.946. The molecule has 0 amide bonds. The number of hydrogen-bond donors (Lipinski definition) is 0. The maximum atomic E-state index is 12.9. The molecule has 0 bridgehead atoms. The average molecular weight is 205 g/mol. The highest BCUT2D eigenvalue weighted by Crippen LogP contribution is 2.12. The Morgan fingerprint density at radius 1 is 1.31 bits per heavy atom. The Bertz CT molecular complexity index is 305. The standard InChI is InChI=1S/C9H7ClF2O/c10-5-6(13)4-7-8(11)2-1-3-9(7)12/h1-3H,4-5H2. The van der Waals surface area contributed by atoms with Crippen molar-refractivity contribution < 1.29 is 13.6 Å². The molecule has 0 heterocycles. The van der Waals surface area contributed by atoms with Gasteiger partial charge < -0.3 is 0 Å². The second kappa shape index (κ2) is 4.33. The monoisotopic (exact) mass is 204 g/mol. The third-order valence-corrected chi connectivity index (χ3v) is 1.88. The summed E-state index contributed by atoms with van der Waals surface area (Å²) in [6.45, 7) is 0. The van der Waals surface area contributed by atoms with E-state index in [9.17, 15) is 13.6 Å². The van der Waals surface area contributed by atoms with Crippen LogP contribution in [0.15, 0.2) is 18.2 Å². The molecule has 0 atom stereocenters. The highest BCUT2D eigenvalue weighted by molar-refractivity contribution is 6.27. The van der Waals surface area contributed by atoms with Gasteiger partial charge in [-0.05, 0) is 12.1 Å². The SMILES string of the molecule is O=C(CCl)Cc1c(F)cccc1F. The summed E-state index contributed by atoms with van der Waals surface area (Å²) in [5.41, 5.74) is -0.215. The predicted molar refractivity (Wildman–Crippen MR) is 45.8 cm³/mol. The molecule has 0 N–H and O–H groups in total. The third kappa shape index (κ3) is 2.49. The molecule has 0 aliphatic rings. The molecular formula is C9H7ClF2O. The first-order valence-electron chi connectivity index (χ1n) is 3.65. The Labute approximate surface area is 79.3 Å². The van der Waals surface area contributed by atoms with Crippen LogP contribution < -0.4 is 0 Å². The van der Waals surface area contributed by atoms with Crippen molar-refractivity contribution in [2.45, 2.75) is 6.42 Å². The van der Waals surface area contributed by atoms with Gasteiger partial charge in [-0.15, -0.1) is 11.6 Å². The number of halogens is 3. The number of ketones is 1. The second-order valence-electron chi connectivity index (χ2n) is 2.55. The van der Waals surface area contributed by atoms with Crippen molar-refractivity contribution in [3.8, 4) is 0 Å². The minimum Gasteiger partial charge on any atom is -0.298 e. The van der Waals surface area contributed by atoms with E-state index in [4.69, 9.17) is 11.6 Å². The van der Waals surface area contributed by atoms with Crippen molar-refractivity contribution in [3.05, 3.63) is 35.4 Å². The lowest BCUT2D eigenvalue weighted by Crippen LogP contribution is -2.07. The quantitative estimate of drug-likeness (QED) is 0.691. The Morgan fingerprint density at radius 2 is 1.85 bits per heavy atom. The van der Waals surface area contributed by atoms with Crippen molar-refractivity contribution >= 4 is 17.4 Å². The van der Waals surface area contributed by atoms with Crippen LogP contribution in [0.5, 0.6) is 0 Å². The van der Waals surface area contributed by atoms with Crippen molar-refractivity contribution in [2.75, 3.05) is 5.88 Å². The molecule has 1 rings (SSSR count). The van der Waals surface area contributed by atoms with E-state index in [-0.39, 0.29) is 17.9 Å². The molecule has 0 radical (unpaired) electrons. The highest BCUT2D eigenvalue weighted by atomic mass is 35.5. The van der Waals surface area contributed by atoms with E-state index in [1.807, 2.05) is 0 Å². The van der Waals surface area contributed by atoms with Crippen LogP contribution >= 0.6 is 11.6 Å². The molecule has 0 aromatic heterocycles. The zero-order valence-electron chi connectivity index (χ0n) is 6.69. The molecule has 0 saturated carbocycles. The Balaban J connectivity index is 2.93. The summed E-state index contributed by atoms with van der Waals surface area (Å²) in [6.07, 6.45) is -0.290. The van der Waals surface area contributed by atoms with Gasteiger partial charge in [0.1, 0.15) is 11.6 Å². The number of carbonyl (C=O) groups is 1. The first kappa shape index (κ1) is 10.1. The van der Waals surface area contributed by atoms with Gasteiger partial charge in [0.15, 0.2) is 5.78 Å². The van der Waals surface area contributed by atoms with Gasteiger partial charge in [-0.2, -0.15) is 0 Å². The number of rotatable bonds is 3. The molecule has 0 aliphatic carbocycles. The van der Waals surface area contributed by atoms with Crippen LogP contribution in [0.4, 0.5) is 8.78 Å². The van der Waals surface area contributed by atoms with Crippen molar-refractivity contribution in [1.82, 2.24) is 0 Å². The lowest BCUT2D eigenvalue weighted by Gasteiger charge is -2.01. The third-order valence-electron chi connectivity index (χ3n) is 1.58. The minimum atomic E-state index is -0.710. The summed E-state index contributed by atoms with van der Waals surface area (Å²) in [4.78, 5) is 10.8. The first-order chi connectivity index (χ1) is 6.15. The van der Waals surface area contributed by atoms with Gasteiger partial charge in [0.2, 0.25) is 0 Å². The van der Waals surface area contributed by atoms with E-state index in [2.05, 4.69) is 0 Å². The lowest BCUT2D eigenvalue weighted by atomic mass is 10.1. The molecule has 0 fully saturated rings. The Kier molecular flexibility index (Phi) is 3.37. The fraction of sp³-hybridized carbons (Fsp3) is 0.222. The summed E-state index contributed by atoms with van der Waals surface area (Å²) in [5, 5.41) is 0. The fourth-order valence-corrected chi connectivity index (χ4v) is 1.04. The van der Waals surface area contributed by atoms with E-state index in [1.54, 1.807) is 0 Å². The van der Waals surface area contributed by atoms with Crippen molar-refractivity contribution in [1.29, 1.82) is 0 Å². The van der Waals surface area contributed by atoms with E-state index in [1.165, 1.54) is 6.07 Å². The van der Waals surface area contributed by atoms with Gasteiger partial charge in [0.25, 0.3) is 0 Å². The van der Waals surface area contributed by atoms with Crippen LogP contribution in [0.1, 0.15) is 5.56 Å². The van der Waals surface area contributed by atoms with Crippen LogP contribution in [-0.2, 0) is 11.2 Å². The molecule has 70 valence electrons. The van der Waals surface area contributed by atoms with Gasteiger partial charge >= 0.3 is 0 Å². The van der Waals surface area contributed by atoms with Crippen LogP contribution in [0.3, 0.4) is 0 Å². The van der Waals surface area contributed by atoms with Crippen molar-refractivity contribution in [2.24, 2.45) is 0 Å². The maximum Gasteiger partial charge on any atom is 0.152 e. The smallest absolute Gasteiger partial charge is 0.152 e. The molecule has 0 unspecified atom stereocenters. The summed E-state index contributed by atoms with van der Waals surface area (Å²) in [5.74, 6) is -2.05. The first-order valence-corrected chi connectivity index (χ1v) is 4.19. The average Bonchev–Trinajstić information content (AvgIpc) is 2.11. The van der Waals surface area contributed by atoms with Gasteiger partial charge in [-0.1, -0.05) is 6.07 Å². The molecule has 0 spiro atoms. The number of hydrogen-bond acceptors (Lipinski definition) is 1. The molecule has 0 aliphatic heterocycles. The molecule has 13 heavy (non-hydrogen) atoms. The van der Waals surface area contributed by atoms with Gasteiger partial charge in [-0.3, -0.25) is 4.79 Å². The summed E-state index contributed by atoms with van der Waals surface area (Å²) >= 11 is 5.21. The largest absolute Gasteiger partial charge is 0.298 e. The molecular weight excluding hydrogens is 198 g/mol. The predicted octanol–water partition coefficient (Wildman–Crippen LogP) is 2.32. The number of alkyl halides is 1. The number of Topliss-reactive ketones (excluding diaryl/α,β-unsaturated/α-hetero) is 1. The Morgan fingerprint density at radius 3 is 2.31 bits per heavy atom. The molecule has 4 heteroatoms. The highest BCUT2D eigenvalue weighted by Gasteiger charge is 2.11. The van der Waals surface area contributed by atoms with E-state index < -0.39 is 17.4 Å². The van der Waals surface area contributed by atoms with Crippen molar-refractivity contribution in [3.63, 3.8) is 0 Å². The summed E-state index contributed by atoms with van der Waals surface area (Å²) < 4.78 is 25.8. The van der Waals surface area contributed by atoms with E-state index in [0.717, 1.165) is 12.1 Å². The topological polar surface area (TPSA) is 17.1 Å². The van der Waals surface area contributed by atoms with Crippen LogP contribution in [0.25, 0.3) is 0 Å². The zero-order valence-corrected chi connectivity index (χ0v) is 7.44. The number of benzene rings is 1. The summed E-state index contributed by atoms with van der Waals surface area (Å²) in [7, 11) is 0. The molecule has 0 saturated heterocycles. The maximum absolute atomic E-state index is 12.9. The van der Waals surface area contributed by atoms with Gasteiger partial charge in [-0.25, -0.2) is 8.78 Å². The zero-order chi connectivity index (χ0) is 9.84. The minimum absolute atomic E-state index is 0.215. The van der Waals surface area contributed by atoms with Gasteiger partial charge in [0.05, 0.1) is 5.88 Å². The lowest BCUT2D eigenvalue weighted by molar-refractivity contribution is -0.116. The summed E-state index contributed by atoms with van der Waals surface area (Å²) in [6, 6.07) is 3.47. The molecule has 1 aromatic rings. The molecule has 1 nitrogen and oxygen atoms in total. The number of carbonyl (C=O) groups excluding carboxylic acids is 1. The Hall–Kier alpha value is -0.960. The molecule has 1 aromatic carbocycles. The van der Waals surface area contributed by atoms with E-state index in [0.29, 0.717) is 0 Å². The van der Waals surface area contributed by atoms with Crippen LogP contribution in [0, 0.1) is 11.6 Å². The van der Waals surface area contributed by atoms with Gasteiger partial charge in [0, 0.05) is 12.0 Å². The van der Waals surface area contributed by atoms with Crippen LogP contribution in [0.2, 0.25) is 0 Å². The van der Waals surface area contributed by atoms with Crippen LogP contribution in [-0.4, -0.2) is 11.7 Å². The second-order valence-corrected chi connectivity index (χ2v) is 2.82.